The van der Waals surface area contributed by atoms with Crippen LogP contribution in [0.3, 0.4) is 0 Å². The van der Waals surface area contributed by atoms with Gasteiger partial charge in [-0.15, -0.1) is 6.58 Å². The van der Waals surface area contributed by atoms with E-state index in [-0.39, 0.29) is 5.78 Å². The van der Waals surface area contributed by atoms with Gasteiger partial charge < -0.3 is 4.74 Å². The quantitative estimate of drug-likeness (QED) is 0.405. The molecule has 1 aromatic rings. The fourth-order valence-corrected chi connectivity index (χ4v) is 1.06. The summed E-state index contributed by atoms with van der Waals surface area (Å²) >= 11 is 0. The maximum Gasteiger partial charge on any atom is 0.159 e. The molecule has 0 aliphatic carbocycles. The highest BCUT2D eigenvalue weighted by molar-refractivity contribution is 5.94. The second-order valence-corrected chi connectivity index (χ2v) is 3.01. The molecule has 0 aliphatic heterocycles. The van der Waals surface area contributed by atoms with Crippen molar-refractivity contribution in [3.8, 4) is 5.75 Å². The Kier molecular flexibility index (Phi) is 3.92. The molecular weight excluding hydrogens is 176 g/mol. The number of ether oxygens (including phenoxy) is 1. The number of rotatable bonds is 5. The number of ketones is 1. The van der Waals surface area contributed by atoms with E-state index >= 15 is 0 Å². The molecule has 0 heterocycles. The van der Waals surface area contributed by atoms with Gasteiger partial charge in [0.15, 0.2) is 5.78 Å². The molecule has 2 heteroatoms. The molecule has 2 nitrogen and oxygen atoms in total. The first kappa shape index (κ1) is 10.5. The largest absolute Gasteiger partial charge is 0.493 e. The number of benzene rings is 1. The molecule has 0 amide bonds. The highest BCUT2D eigenvalue weighted by Crippen LogP contribution is 2.13. The summed E-state index contributed by atoms with van der Waals surface area (Å²) in [5.41, 5.74) is 0.682. The summed E-state index contributed by atoms with van der Waals surface area (Å²) in [6.45, 7) is 5.75. The first-order valence-corrected chi connectivity index (χ1v) is 4.58. The molecule has 0 N–H and O–H groups in total. The van der Waals surface area contributed by atoms with Gasteiger partial charge in [0.1, 0.15) is 5.75 Å². The van der Waals surface area contributed by atoms with Gasteiger partial charge in [0.25, 0.3) is 0 Å². The summed E-state index contributed by atoms with van der Waals surface area (Å²) in [5, 5.41) is 0. The van der Waals surface area contributed by atoms with Gasteiger partial charge in [-0.3, -0.25) is 4.79 Å². The zero-order valence-corrected chi connectivity index (χ0v) is 8.32. The van der Waals surface area contributed by atoms with Crippen LogP contribution in [-0.4, -0.2) is 12.4 Å². The number of Topliss-reactive ketones (excluding diaryl/α,β-unsaturated/α-hetero) is 1. The highest BCUT2D eigenvalue weighted by atomic mass is 16.5. The van der Waals surface area contributed by atoms with E-state index in [1.807, 2.05) is 12.1 Å². The lowest BCUT2D eigenvalue weighted by Gasteiger charge is -2.05. The molecule has 0 saturated heterocycles. The van der Waals surface area contributed by atoms with Gasteiger partial charge in [-0.05, 0) is 25.5 Å². The zero-order valence-electron chi connectivity index (χ0n) is 8.32. The summed E-state index contributed by atoms with van der Waals surface area (Å²) < 4.78 is 5.41. The van der Waals surface area contributed by atoms with E-state index in [0.29, 0.717) is 12.2 Å². The van der Waals surface area contributed by atoms with E-state index in [9.17, 15) is 4.79 Å². The van der Waals surface area contributed by atoms with E-state index in [1.165, 1.54) is 0 Å². The van der Waals surface area contributed by atoms with E-state index in [0.717, 1.165) is 12.2 Å². The average molecular weight is 190 g/mol. The normalized spacial score (nSPS) is 9.50. The third kappa shape index (κ3) is 3.05. The SMILES string of the molecule is C=CCCOc1cccc(C(C)=O)c1. The molecule has 14 heavy (non-hydrogen) atoms. The van der Waals surface area contributed by atoms with Crippen molar-refractivity contribution in [1.82, 2.24) is 0 Å². The number of carbonyl (C=O) groups is 1. The molecule has 0 spiro atoms. The first-order chi connectivity index (χ1) is 6.74. The lowest BCUT2D eigenvalue weighted by molar-refractivity contribution is 0.101. The van der Waals surface area contributed by atoms with Crippen molar-refractivity contribution in [2.24, 2.45) is 0 Å². The molecular formula is C12H14O2. The topological polar surface area (TPSA) is 26.3 Å². The van der Waals surface area contributed by atoms with Crippen LogP contribution in [0.2, 0.25) is 0 Å². The predicted octanol–water partition coefficient (Wildman–Crippen LogP) is 2.84. The summed E-state index contributed by atoms with van der Waals surface area (Å²) in [6, 6.07) is 7.20. The second kappa shape index (κ2) is 5.22. The highest BCUT2D eigenvalue weighted by Gasteiger charge is 2.00. The van der Waals surface area contributed by atoms with E-state index in [1.54, 1.807) is 25.1 Å². The standard InChI is InChI=1S/C12H14O2/c1-3-4-8-14-12-7-5-6-11(9-12)10(2)13/h3,5-7,9H,1,4,8H2,2H3. The van der Waals surface area contributed by atoms with Crippen LogP contribution in [0.1, 0.15) is 23.7 Å². The molecule has 0 atom stereocenters. The van der Waals surface area contributed by atoms with Crippen molar-refractivity contribution < 1.29 is 9.53 Å². The van der Waals surface area contributed by atoms with Crippen molar-refractivity contribution in [3.05, 3.63) is 42.5 Å². The van der Waals surface area contributed by atoms with E-state index in [4.69, 9.17) is 4.74 Å². The van der Waals surface area contributed by atoms with Crippen LogP contribution in [-0.2, 0) is 0 Å². The molecule has 0 bridgehead atoms. The summed E-state index contributed by atoms with van der Waals surface area (Å²) in [7, 11) is 0. The Morgan fingerprint density at radius 2 is 2.36 bits per heavy atom. The van der Waals surface area contributed by atoms with Gasteiger partial charge in [-0.1, -0.05) is 18.2 Å². The van der Waals surface area contributed by atoms with Crippen molar-refractivity contribution in [2.45, 2.75) is 13.3 Å². The van der Waals surface area contributed by atoms with Crippen molar-refractivity contribution in [3.63, 3.8) is 0 Å². The Balaban J connectivity index is 2.63. The van der Waals surface area contributed by atoms with Gasteiger partial charge in [0.2, 0.25) is 0 Å². The Bertz CT molecular complexity index is 329. The smallest absolute Gasteiger partial charge is 0.159 e. The number of hydrogen-bond donors (Lipinski definition) is 0. The molecule has 1 aromatic carbocycles. The minimum Gasteiger partial charge on any atom is -0.493 e. The lowest BCUT2D eigenvalue weighted by Crippen LogP contribution is -1.97. The molecule has 0 unspecified atom stereocenters. The van der Waals surface area contributed by atoms with Crippen LogP contribution in [0.25, 0.3) is 0 Å². The molecule has 0 fully saturated rings. The Morgan fingerprint density at radius 1 is 1.57 bits per heavy atom. The fourth-order valence-electron chi connectivity index (χ4n) is 1.06. The third-order valence-electron chi connectivity index (χ3n) is 1.83. The maximum atomic E-state index is 11.1. The molecule has 0 aromatic heterocycles. The molecule has 0 radical (unpaired) electrons. The van der Waals surface area contributed by atoms with Crippen molar-refractivity contribution in [2.75, 3.05) is 6.61 Å². The predicted molar refractivity (Wildman–Crippen MR) is 56.8 cm³/mol. The Hall–Kier alpha value is -1.57. The molecule has 0 aliphatic rings. The average Bonchev–Trinajstić information content (AvgIpc) is 2.19. The van der Waals surface area contributed by atoms with Crippen molar-refractivity contribution in [1.29, 1.82) is 0 Å². The third-order valence-corrected chi connectivity index (χ3v) is 1.83. The van der Waals surface area contributed by atoms with Crippen molar-refractivity contribution >= 4 is 5.78 Å². The van der Waals surface area contributed by atoms with Gasteiger partial charge in [-0.2, -0.15) is 0 Å². The summed E-state index contributed by atoms with van der Waals surface area (Å²) in [5.74, 6) is 0.790. The van der Waals surface area contributed by atoms with Crippen LogP contribution in [0.15, 0.2) is 36.9 Å². The first-order valence-electron chi connectivity index (χ1n) is 4.58. The zero-order chi connectivity index (χ0) is 10.4. The second-order valence-electron chi connectivity index (χ2n) is 3.01. The molecule has 1 rings (SSSR count). The Morgan fingerprint density at radius 3 is 3.00 bits per heavy atom. The molecule has 74 valence electrons. The van der Waals surface area contributed by atoms with E-state index in [2.05, 4.69) is 6.58 Å². The summed E-state index contributed by atoms with van der Waals surface area (Å²) in [6.07, 6.45) is 2.61. The van der Waals surface area contributed by atoms with Crippen LogP contribution in [0.5, 0.6) is 5.75 Å². The minimum atomic E-state index is 0.0548. The van der Waals surface area contributed by atoms with Gasteiger partial charge in [0, 0.05) is 5.56 Å². The molecule has 0 saturated carbocycles. The number of hydrogen-bond acceptors (Lipinski definition) is 2. The van der Waals surface area contributed by atoms with Crippen LogP contribution >= 0.6 is 0 Å². The maximum absolute atomic E-state index is 11.1. The van der Waals surface area contributed by atoms with Gasteiger partial charge in [-0.25, -0.2) is 0 Å². The minimum absolute atomic E-state index is 0.0548. The van der Waals surface area contributed by atoms with Crippen LogP contribution in [0.4, 0.5) is 0 Å². The van der Waals surface area contributed by atoms with Crippen LogP contribution in [0, 0.1) is 0 Å². The number of carbonyl (C=O) groups excluding carboxylic acids is 1. The van der Waals surface area contributed by atoms with E-state index < -0.39 is 0 Å². The fraction of sp³-hybridized carbons (Fsp3) is 0.250. The monoisotopic (exact) mass is 190 g/mol. The summed E-state index contributed by atoms with van der Waals surface area (Å²) in [4.78, 5) is 11.1. The lowest BCUT2D eigenvalue weighted by atomic mass is 10.1. The van der Waals surface area contributed by atoms with Gasteiger partial charge >= 0.3 is 0 Å². The Labute approximate surface area is 84.2 Å². The van der Waals surface area contributed by atoms with Crippen LogP contribution < -0.4 is 4.74 Å². The van der Waals surface area contributed by atoms with Gasteiger partial charge in [0.05, 0.1) is 6.61 Å².